The molecule has 138 valence electrons. The van der Waals surface area contributed by atoms with E-state index in [2.05, 4.69) is 13.8 Å². The number of amides is 2. The Kier molecular flexibility index (Phi) is 15.6. The van der Waals surface area contributed by atoms with Crippen LogP contribution in [0.5, 0.6) is 0 Å². The molecule has 4 heteroatoms. The first kappa shape index (κ1) is 22.2. The molecule has 0 heterocycles. The molecule has 0 aliphatic rings. The number of hydroxylamine groups is 2. The molecule has 0 rings (SSSR count). The Labute approximate surface area is 144 Å². The summed E-state index contributed by atoms with van der Waals surface area (Å²) in [6, 6.07) is -0.227. The fourth-order valence-corrected chi connectivity index (χ4v) is 2.77. The Balaban J connectivity index is 4.01. The van der Waals surface area contributed by atoms with Gasteiger partial charge in [-0.2, -0.15) is 0 Å². The van der Waals surface area contributed by atoms with Crippen LogP contribution < -0.4 is 0 Å². The first-order valence-corrected chi connectivity index (χ1v) is 9.92. The number of hydrogen-bond acceptors (Lipinski definition) is 2. The van der Waals surface area contributed by atoms with Crippen LogP contribution in [0.2, 0.25) is 0 Å². The number of urea groups is 1. The molecule has 0 fully saturated rings. The van der Waals surface area contributed by atoms with Crippen molar-refractivity contribution in [3.63, 3.8) is 0 Å². The van der Waals surface area contributed by atoms with Crippen LogP contribution in [0.4, 0.5) is 4.79 Å². The van der Waals surface area contributed by atoms with Crippen LogP contribution in [-0.4, -0.2) is 40.8 Å². The molecule has 0 bridgehead atoms. The number of nitrogens with zero attached hydrogens (tertiary/aromatic N) is 2. The van der Waals surface area contributed by atoms with E-state index in [1.165, 1.54) is 64.2 Å². The molecule has 0 saturated carbocycles. The van der Waals surface area contributed by atoms with Gasteiger partial charge in [-0.15, -0.1) is 0 Å². The third-order valence-corrected chi connectivity index (χ3v) is 4.35. The zero-order valence-corrected chi connectivity index (χ0v) is 15.9. The van der Waals surface area contributed by atoms with E-state index in [-0.39, 0.29) is 6.03 Å². The highest BCUT2D eigenvalue weighted by atomic mass is 16.5. The van der Waals surface area contributed by atoms with Crippen LogP contribution in [0, 0.1) is 0 Å². The van der Waals surface area contributed by atoms with Gasteiger partial charge in [0.25, 0.3) is 0 Å². The quantitative estimate of drug-likeness (QED) is 0.233. The van der Waals surface area contributed by atoms with Crippen molar-refractivity contribution in [2.24, 2.45) is 0 Å². The van der Waals surface area contributed by atoms with E-state index in [0.717, 1.165) is 31.0 Å². The monoisotopic (exact) mass is 328 g/mol. The summed E-state index contributed by atoms with van der Waals surface area (Å²) in [5, 5.41) is 10.5. The minimum absolute atomic E-state index is 0.227. The highest BCUT2D eigenvalue weighted by molar-refractivity contribution is 5.73. The number of rotatable bonds is 15. The zero-order chi connectivity index (χ0) is 17.3. The van der Waals surface area contributed by atoms with Crippen molar-refractivity contribution in [1.29, 1.82) is 0 Å². The molecule has 0 aliphatic carbocycles. The molecular formula is C19H40N2O2. The van der Waals surface area contributed by atoms with Crippen LogP contribution in [0.3, 0.4) is 0 Å². The second kappa shape index (κ2) is 16.1. The highest BCUT2D eigenvalue weighted by Crippen LogP contribution is 2.10. The summed E-state index contributed by atoms with van der Waals surface area (Å²) in [4.78, 5) is 14.0. The molecular weight excluding hydrogens is 288 g/mol. The van der Waals surface area contributed by atoms with Gasteiger partial charge >= 0.3 is 6.03 Å². The standard InChI is InChI=1S/C19H40N2O2/c1-4-7-9-11-13-15-17-20(19(22)21(23)6-3)18-16-14-12-10-8-5-2/h23H,4-18H2,1-3H3. The van der Waals surface area contributed by atoms with Gasteiger partial charge in [-0.25, -0.2) is 9.86 Å². The van der Waals surface area contributed by atoms with E-state index in [4.69, 9.17) is 0 Å². The normalized spacial score (nSPS) is 10.8. The molecule has 4 nitrogen and oxygen atoms in total. The van der Waals surface area contributed by atoms with Crippen molar-refractivity contribution >= 4 is 6.03 Å². The number of carbonyl (C=O) groups excluding carboxylic acids is 1. The maximum absolute atomic E-state index is 12.2. The largest absolute Gasteiger partial charge is 0.343 e. The van der Waals surface area contributed by atoms with Gasteiger partial charge in [-0.05, 0) is 19.8 Å². The Morgan fingerprint density at radius 1 is 0.696 bits per heavy atom. The lowest BCUT2D eigenvalue weighted by molar-refractivity contribution is -0.0526. The summed E-state index contributed by atoms with van der Waals surface area (Å²) in [7, 11) is 0. The first-order valence-electron chi connectivity index (χ1n) is 9.92. The summed E-state index contributed by atoms with van der Waals surface area (Å²) in [5.74, 6) is 0. The zero-order valence-electron chi connectivity index (χ0n) is 15.9. The lowest BCUT2D eigenvalue weighted by atomic mass is 10.1. The molecule has 0 unspecified atom stereocenters. The van der Waals surface area contributed by atoms with Crippen LogP contribution in [0.15, 0.2) is 0 Å². The van der Waals surface area contributed by atoms with Gasteiger partial charge in [-0.3, -0.25) is 5.21 Å². The van der Waals surface area contributed by atoms with E-state index in [0.29, 0.717) is 6.54 Å². The average Bonchev–Trinajstić information content (AvgIpc) is 2.57. The van der Waals surface area contributed by atoms with Gasteiger partial charge in [0.15, 0.2) is 0 Å². The van der Waals surface area contributed by atoms with Gasteiger partial charge in [0.2, 0.25) is 0 Å². The predicted molar refractivity (Wildman–Crippen MR) is 97.9 cm³/mol. The molecule has 2 amide bonds. The molecule has 0 radical (unpaired) electrons. The summed E-state index contributed by atoms with van der Waals surface area (Å²) < 4.78 is 0. The van der Waals surface area contributed by atoms with Crippen LogP contribution in [0.1, 0.15) is 97.8 Å². The molecule has 0 aromatic rings. The summed E-state index contributed by atoms with van der Waals surface area (Å²) in [5.41, 5.74) is 0. The van der Waals surface area contributed by atoms with E-state index in [1.54, 1.807) is 6.92 Å². The van der Waals surface area contributed by atoms with Crippen molar-refractivity contribution < 1.29 is 10.0 Å². The van der Waals surface area contributed by atoms with Gasteiger partial charge in [-0.1, -0.05) is 78.1 Å². The second-order valence-corrected chi connectivity index (χ2v) is 6.52. The topological polar surface area (TPSA) is 43.8 Å². The third-order valence-electron chi connectivity index (χ3n) is 4.35. The Morgan fingerprint density at radius 2 is 1.09 bits per heavy atom. The minimum Gasteiger partial charge on any atom is -0.323 e. The lowest BCUT2D eigenvalue weighted by Gasteiger charge is -2.26. The SMILES string of the molecule is CCCCCCCCN(CCCCCCCC)C(=O)N(O)CC. The van der Waals surface area contributed by atoms with Gasteiger partial charge < -0.3 is 4.90 Å². The van der Waals surface area contributed by atoms with Crippen molar-refractivity contribution in [1.82, 2.24) is 9.96 Å². The maximum atomic E-state index is 12.2. The second-order valence-electron chi connectivity index (χ2n) is 6.52. The average molecular weight is 329 g/mol. The molecule has 0 saturated heterocycles. The van der Waals surface area contributed by atoms with Gasteiger partial charge in [0.05, 0.1) is 0 Å². The Bertz CT molecular complexity index is 256. The minimum atomic E-state index is -0.227. The van der Waals surface area contributed by atoms with Crippen molar-refractivity contribution in [2.75, 3.05) is 19.6 Å². The molecule has 1 N–H and O–H groups in total. The predicted octanol–water partition coefficient (Wildman–Crippen LogP) is 5.84. The first-order chi connectivity index (χ1) is 11.2. The maximum Gasteiger partial charge on any atom is 0.343 e. The lowest BCUT2D eigenvalue weighted by Crippen LogP contribution is -2.42. The highest BCUT2D eigenvalue weighted by Gasteiger charge is 2.17. The van der Waals surface area contributed by atoms with Crippen molar-refractivity contribution in [3.05, 3.63) is 0 Å². The van der Waals surface area contributed by atoms with Crippen LogP contribution in [-0.2, 0) is 0 Å². The van der Waals surface area contributed by atoms with Gasteiger partial charge in [0.1, 0.15) is 0 Å². The van der Waals surface area contributed by atoms with E-state index < -0.39 is 0 Å². The number of unbranched alkanes of at least 4 members (excludes halogenated alkanes) is 10. The van der Waals surface area contributed by atoms with Crippen molar-refractivity contribution in [3.8, 4) is 0 Å². The smallest absolute Gasteiger partial charge is 0.323 e. The van der Waals surface area contributed by atoms with Gasteiger partial charge in [0, 0.05) is 19.6 Å². The third kappa shape index (κ3) is 12.3. The van der Waals surface area contributed by atoms with Crippen LogP contribution in [0.25, 0.3) is 0 Å². The Morgan fingerprint density at radius 3 is 1.48 bits per heavy atom. The summed E-state index contributed by atoms with van der Waals surface area (Å²) in [6.45, 7) is 8.14. The van der Waals surface area contributed by atoms with E-state index in [1.807, 2.05) is 4.90 Å². The Hall–Kier alpha value is -0.770. The molecule has 0 spiro atoms. The fourth-order valence-electron chi connectivity index (χ4n) is 2.77. The van der Waals surface area contributed by atoms with E-state index in [9.17, 15) is 10.0 Å². The number of carbonyl (C=O) groups is 1. The molecule has 0 aromatic heterocycles. The number of hydrogen-bond donors (Lipinski definition) is 1. The molecule has 0 aliphatic heterocycles. The molecule has 23 heavy (non-hydrogen) atoms. The van der Waals surface area contributed by atoms with E-state index >= 15 is 0 Å². The molecule has 0 atom stereocenters. The summed E-state index contributed by atoms with van der Waals surface area (Å²) >= 11 is 0. The molecule has 0 aromatic carbocycles. The summed E-state index contributed by atoms with van der Waals surface area (Å²) in [6.07, 6.45) is 14.7. The fraction of sp³-hybridized carbons (Fsp3) is 0.947. The van der Waals surface area contributed by atoms with Crippen LogP contribution >= 0.6 is 0 Å². The van der Waals surface area contributed by atoms with Crippen molar-refractivity contribution in [2.45, 2.75) is 97.8 Å².